The lowest BCUT2D eigenvalue weighted by atomic mass is 9.99. The first-order chi connectivity index (χ1) is 13.5. The van der Waals surface area contributed by atoms with Crippen molar-refractivity contribution in [3.63, 3.8) is 0 Å². The van der Waals surface area contributed by atoms with Crippen molar-refractivity contribution in [2.24, 2.45) is 0 Å². The number of benzene rings is 2. The van der Waals surface area contributed by atoms with E-state index in [0.717, 1.165) is 37.3 Å². The van der Waals surface area contributed by atoms with Crippen LogP contribution in [-0.4, -0.2) is 20.9 Å². The average molecular weight is 396 g/mol. The number of nitrogens with zero attached hydrogens (tertiary/aromatic N) is 3. The smallest absolute Gasteiger partial charge is 0.269 e. The third kappa shape index (κ3) is 3.55. The van der Waals surface area contributed by atoms with Crippen molar-refractivity contribution in [2.75, 3.05) is 6.54 Å². The van der Waals surface area contributed by atoms with Crippen LogP contribution in [-0.2, 0) is 13.1 Å². The highest BCUT2D eigenvalue weighted by atomic mass is 35.5. The zero-order valence-electron chi connectivity index (χ0n) is 15.7. The molecule has 0 aliphatic carbocycles. The van der Waals surface area contributed by atoms with Crippen LogP contribution in [0.25, 0.3) is 0 Å². The first-order valence-electron chi connectivity index (χ1n) is 9.42. The van der Waals surface area contributed by atoms with Crippen LogP contribution >= 0.6 is 11.6 Å². The number of hydrogen-bond acceptors (Lipinski definition) is 3. The third-order valence-electron chi connectivity index (χ3n) is 5.47. The predicted molar refractivity (Wildman–Crippen MR) is 111 cm³/mol. The molecule has 1 aliphatic rings. The number of non-ortho nitro benzene ring substituents is 1. The van der Waals surface area contributed by atoms with Crippen molar-refractivity contribution in [3.8, 4) is 0 Å². The molecule has 1 aliphatic heterocycles. The summed E-state index contributed by atoms with van der Waals surface area (Å²) in [4.78, 5) is 13.4. The van der Waals surface area contributed by atoms with Crippen LogP contribution in [0.4, 0.5) is 5.69 Å². The number of halogens is 1. The molecule has 0 radical (unpaired) electrons. The fraction of sp³-hybridized carbons (Fsp3) is 0.273. The Morgan fingerprint density at radius 1 is 1.14 bits per heavy atom. The Balaban J connectivity index is 1.83. The lowest BCUT2D eigenvalue weighted by Crippen LogP contribution is -2.30. The highest BCUT2D eigenvalue weighted by Crippen LogP contribution is 2.38. The molecule has 1 atom stereocenters. The monoisotopic (exact) mass is 395 g/mol. The summed E-state index contributed by atoms with van der Waals surface area (Å²) in [6.07, 6.45) is 3.08. The molecular weight excluding hydrogens is 374 g/mol. The number of nitro benzene ring substituents is 1. The van der Waals surface area contributed by atoms with Gasteiger partial charge in [0.25, 0.3) is 5.69 Å². The zero-order valence-corrected chi connectivity index (χ0v) is 16.5. The number of fused-ring (bicyclic) bond motifs is 1. The molecule has 0 bridgehead atoms. The van der Waals surface area contributed by atoms with Gasteiger partial charge in [-0.15, -0.1) is 0 Å². The minimum absolute atomic E-state index is 0.0672. The van der Waals surface area contributed by atoms with Crippen molar-refractivity contribution in [3.05, 3.63) is 98.3 Å². The van der Waals surface area contributed by atoms with Crippen LogP contribution in [0, 0.1) is 17.0 Å². The Morgan fingerprint density at radius 3 is 2.75 bits per heavy atom. The number of aromatic nitrogens is 1. The summed E-state index contributed by atoms with van der Waals surface area (Å²) < 4.78 is 2.23. The summed E-state index contributed by atoms with van der Waals surface area (Å²) in [7, 11) is 0. The molecule has 6 heteroatoms. The van der Waals surface area contributed by atoms with Gasteiger partial charge in [0, 0.05) is 54.2 Å². The van der Waals surface area contributed by atoms with Gasteiger partial charge in [0.2, 0.25) is 0 Å². The van der Waals surface area contributed by atoms with Crippen LogP contribution in [0.2, 0.25) is 5.02 Å². The van der Waals surface area contributed by atoms with Crippen LogP contribution in [0.5, 0.6) is 0 Å². The average Bonchev–Trinajstić information content (AvgIpc) is 3.06. The fourth-order valence-electron chi connectivity index (χ4n) is 4.03. The second-order valence-corrected chi connectivity index (χ2v) is 7.65. The van der Waals surface area contributed by atoms with E-state index in [2.05, 4.69) is 46.9 Å². The molecule has 4 rings (SSSR count). The molecule has 144 valence electrons. The quantitative estimate of drug-likeness (QED) is 0.441. The maximum Gasteiger partial charge on any atom is 0.269 e. The number of aryl methyl sites for hydroxylation is 2. The Kier molecular flexibility index (Phi) is 5.20. The van der Waals surface area contributed by atoms with Crippen molar-refractivity contribution in [2.45, 2.75) is 32.5 Å². The Bertz CT molecular complexity index is 1010. The minimum Gasteiger partial charge on any atom is -0.350 e. The first-order valence-corrected chi connectivity index (χ1v) is 9.80. The molecule has 0 N–H and O–H groups in total. The summed E-state index contributed by atoms with van der Waals surface area (Å²) in [6, 6.07) is 17.1. The van der Waals surface area contributed by atoms with Gasteiger partial charge in [0.15, 0.2) is 0 Å². The maximum absolute atomic E-state index is 11.4. The third-order valence-corrected chi connectivity index (χ3v) is 5.82. The van der Waals surface area contributed by atoms with Crippen molar-refractivity contribution in [1.29, 1.82) is 0 Å². The van der Waals surface area contributed by atoms with E-state index in [-0.39, 0.29) is 16.7 Å². The van der Waals surface area contributed by atoms with Gasteiger partial charge >= 0.3 is 0 Å². The van der Waals surface area contributed by atoms with Gasteiger partial charge in [-0.3, -0.25) is 15.0 Å². The van der Waals surface area contributed by atoms with Crippen LogP contribution < -0.4 is 0 Å². The maximum atomic E-state index is 11.4. The Morgan fingerprint density at radius 2 is 1.96 bits per heavy atom. The van der Waals surface area contributed by atoms with E-state index in [9.17, 15) is 10.1 Å². The Hall–Kier alpha value is -2.63. The van der Waals surface area contributed by atoms with Gasteiger partial charge in [-0.1, -0.05) is 35.9 Å². The standard InChI is InChI=1S/C22H22ClN3O2/c1-16-6-2-3-7-17(16)15-25-13-5-12-24-11-4-8-21(24)22(25)19-14-18(26(27)28)9-10-20(19)23/h2-4,6-11,14,22H,5,12-13,15H2,1H3. The van der Waals surface area contributed by atoms with E-state index >= 15 is 0 Å². The lowest BCUT2D eigenvalue weighted by Gasteiger charge is -2.31. The fourth-order valence-corrected chi connectivity index (χ4v) is 4.25. The molecule has 1 unspecified atom stereocenters. The summed E-state index contributed by atoms with van der Waals surface area (Å²) in [5.74, 6) is 0. The minimum atomic E-state index is -0.360. The molecule has 0 saturated heterocycles. The van der Waals surface area contributed by atoms with Gasteiger partial charge in [0.1, 0.15) is 0 Å². The van der Waals surface area contributed by atoms with Gasteiger partial charge in [-0.2, -0.15) is 0 Å². The van der Waals surface area contributed by atoms with Crippen molar-refractivity contribution in [1.82, 2.24) is 9.47 Å². The van der Waals surface area contributed by atoms with Crippen LogP contribution in [0.1, 0.15) is 34.8 Å². The molecule has 5 nitrogen and oxygen atoms in total. The molecule has 0 fully saturated rings. The molecule has 2 heterocycles. The van der Waals surface area contributed by atoms with Crippen LogP contribution in [0.15, 0.2) is 60.8 Å². The number of rotatable bonds is 4. The van der Waals surface area contributed by atoms with Crippen molar-refractivity contribution >= 4 is 17.3 Å². The van der Waals surface area contributed by atoms with E-state index in [1.165, 1.54) is 17.2 Å². The van der Waals surface area contributed by atoms with Gasteiger partial charge in [-0.05, 0) is 42.7 Å². The SMILES string of the molecule is Cc1ccccc1CN1CCCn2cccc2C1c1cc([N+](=O)[O-])ccc1Cl. The molecule has 0 amide bonds. The summed E-state index contributed by atoms with van der Waals surface area (Å²) >= 11 is 6.56. The van der Waals surface area contributed by atoms with Gasteiger partial charge < -0.3 is 4.57 Å². The highest BCUT2D eigenvalue weighted by Gasteiger charge is 2.30. The number of hydrogen-bond donors (Lipinski definition) is 0. The first kappa shape index (κ1) is 18.7. The normalized spacial score (nSPS) is 17.1. The van der Waals surface area contributed by atoms with Crippen LogP contribution in [0.3, 0.4) is 0 Å². The zero-order chi connectivity index (χ0) is 19.7. The van der Waals surface area contributed by atoms with E-state index in [1.807, 2.05) is 12.1 Å². The topological polar surface area (TPSA) is 51.3 Å². The molecule has 28 heavy (non-hydrogen) atoms. The summed E-state index contributed by atoms with van der Waals surface area (Å²) in [5.41, 5.74) is 4.47. The van der Waals surface area contributed by atoms with Gasteiger partial charge in [-0.25, -0.2) is 0 Å². The summed E-state index contributed by atoms with van der Waals surface area (Å²) in [5, 5.41) is 11.9. The molecule has 0 saturated carbocycles. The van der Waals surface area contributed by atoms with Crippen molar-refractivity contribution < 1.29 is 4.92 Å². The Labute approximate surface area is 169 Å². The van der Waals surface area contributed by atoms with E-state index < -0.39 is 0 Å². The molecule has 3 aromatic rings. The molecular formula is C22H22ClN3O2. The largest absolute Gasteiger partial charge is 0.350 e. The predicted octanol–water partition coefficient (Wildman–Crippen LogP) is 5.35. The highest BCUT2D eigenvalue weighted by molar-refractivity contribution is 6.31. The molecule has 2 aromatic carbocycles. The second-order valence-electron chi connectivity index (χ2n) is 7.24. The van der Waals surface area contributed by atoms with E-state index in [1.54, 1.807) is 12.1 Å². The van der Waals surface area contributed by atoms with Gasteiger partial charge in [0.05, 0.1) is 11.0 Å². The lowest BCUT2D eigenvalue weighted by molar-refractivity contribution is -0.384. The second kappa shape index (κ2) is 7.78. The van der Waals surface area contributed by atoms with E-state index in [4.69, 9.17) is 11.6 Å². The number of nitro groups is 1. The summed E-state index contributed by atoms with van der Waals surface area (Å²) in [6.45, 7) is 4.70. The molecule has 0 spiro atoms. The molecule has 1 aromatic heterocycles. The van der Waals surface area contributed by atoms with E-state index in [0.29, 0.717) is 5.02 Å².